The number of fused-ring (bicyclic) bond motifs is 1. The second kappa shape index (κ2) is 6.65. The summed E-state index contributed by atoms with van der Waals surface area (Å²) in [6, 6.07) is 9.86. The summed E-state index contributed by atoms with van der Waals surface area (Å²) in [6.07, 6.45) is -6.10. The number of hydrogen-bond donors (Lipinski definition) is 1. The standard InChI is InChI=1S/C16H13F3N2O5S/c17-16(18,19)26-10-5-7-11(8-6-10)27(23,24)21-9-14(15(20)22)25-13-4-2-1-3-12(13)21/h1-8,14H,9H2,(H2,20,22)/t14-/m1/s1. The molecule has 1 amide bonds. The Morgan fingerprint density at radius 1 is 1.15 bits per heavy atom. The normalized spacial score (nSPS) is 17.0. The van der Waals surface area contributed by atoms with E-state index in [0.29, 0.717) is 0 Å². The van der Waals surface area contributed by atoms with Crippen LogP contribution in [0.5, 0.6) is 11.5 Å². The van der Waals surface area contributed by atoms with Crippen LogP contribution < -0.4 is 19.5 Å². The van der Waals surface area contributed by atoms with Crippen molar-refractivity contribution < 1.29 is 35.9 Å². The Kier molecular flexibility index (Phi) is 4.64. The summed E-state index contributed by atoms with van der Waals surface area (Å²) < 4.78 is 72.7. The lowest BCUT2D eigenvalue weighted by Crippen LogP contribution is -2.49. The minimum atomic E-state index is -4.89. The van der Waals surface area contributed by atoms with Crippen molar-refractivity contribution in [1.29, 1.82) is 0 Å². The van der Waals surface area contributed by atoms with E-state index in [0.717, 1.165) is 28.6 Å². The van der Waals surface area contributed by atoms with Crippen molar-refractivity contribution in [2.24, 2.45) is 5.73 Å². The molecule has 0 bridgehead atoms. The summed E-state index contributed by atoms with van der Waals surface area (Å²) in [4.78, 5) is 11.2. The van der Waals surface area contributed by atoms with Gasteiger partial charge in [0.25, 0.3) is 15.9 Å². The summed E-state index contributed by atoms with van der Waals surface area (Å²) in [6.45, 7) is -0.366. The molecule has 0 fully saturated rings. The van der Waals surface area contributed by atoms with Gasteiger partial charge in [0.2, 0.25) is 0 Å². The zero-order chi connectivity index (χ0) is 19.8. The van der Waals surface area contributed by atoms with E-state index in [4.69, 9.17) is 10.5 Å². The van der Waals surface area contributed by atoms with Crippen molar-refractivity contribution >= 4 is 21.6 Å². The number of hydrogen-bond acceptors (Lipinski definition) is 5. The first-order valence-electron chi connectivity index (χ1n) is 7.51. The molecule has 1 heterocycles. The third kappa shape index (κ3) is 3.92. The van der Waals surface area contributed by atoms with Gasteiger partial charge < -0.3 is 15.2 Å². The Bertz CT molecular complexity index is 961. The van der Waals surface area contributed by atoms with Gasteiger partial charge in [-0.05, 0) is 36.4 Å². The molecule has 2 N–H and O–H groups in total. The lowest BCUT2D eigenvalue weighted by atomic mass is 10.2. The van der Waals surface area contributed by atoms with Crippen LogP contribution in [0, 0.1) is 0 Å². The number of alkyl halides is 3. The topological polar surface area (TPSA) is 98.9 Å². The Balaban J connectivity index is 1.97. The molecule has 1 aliphatic rings. The van der Waals surface area contributed by atoms with E-state index >= 15 is 0 Å². The molecular weight excluding hydrogens is 389 g/mol. The predicted octanol–water partition coefficient (Wildman–Crippen LogP) is 2.03. The van der Waals surface area contributed by atoms with E-state index < -0.39 is 34.1 Å². The summed E-state index contributed by atoms with van der Waals surface area (Å²) in [5.41, 5.74) is 5.42. The quantitative estimate of drug-likeness (QED) is 0.844. The van der Waals surface area contributed by atoms with Crippen LogP contribution in [0.1, 0.15) is 0 Å². The number of anilines is 1. The molecule has 0 aromatic heterocycles. The van der Waals surface area contributed by atoms with Gasteiger partial charge in [-0.2, -0.15) is 0 Å². The molecule has 7 nitrogen and oxygen atoms in total. The van der Waals surface area contributed by atoms with Crippen LogP contribution in [0.4, 0.5) is 18.9 Å². The van der Waals surface area contributed by atoms with Crippen molar-refractivity contribution in [1.82, 2.24) is 0 Å². The second-order valence-corrected chi connectivity index (χ2v) is 7.39. The smallest absolute Gasteiger partial charge is 0.476 e. The lowest BCUT2D eigenvalue weighted by molar-refractivity contribution is -0.274. The highest BCUT2D eigenvalue weighted by Gasteiger charge is 2.37. The first-order chi connectivity index (χ1) is 12.6. The fourth-order valence-corrected chi connectivity index (χ4v) is 3.99. The molecule has 0 unspecified atom stereocenters. The molecule has 0 aliphatic carbocycles. The van der Waals surface area contributed by atoms with Crippen molar-refractivity contribution in [2.45, 2.75) is 17.4 Å². The Morgan fingerprint density at radius 2 is 1.78 bits per heavy atom. The van der Waals surface area contributed by atoms with Crippen LogP contribution in [0.3, 0.4) is 0 Å². The fraction of sp³-hybridized carbons (Fsp3) is 0.188. The van der Waals surface area contributed by atoms with Crippen LogP contribution >= 0.6 is 0 Å². The number of nitrogens with zero attached hydrogens (tertiary/aromatic N) is 1. The third-order valence-corrected chi connectivity index (χ3v) is 5.49. The number of nitrogens with two attached hydrogens (primary N) is 1. The zero-order valence-electron chi connectivity index (χ0n) is 13.5. The van der Waals surface area contributed by atoms with Gasteiger partial charge in [-0.1, -0.05) is 12.1 Å². The monoisotopic (exact) mass is 402 g/mol. The summed E-state index contributed by atoms with van der Waals surface area (Å²) in [7, 11) is -4.19. The Hall–Kier alpha value is -2.95. The van der Waals surface area contributed by atoms with Gasteiger partial charge in [0.1, 0.15) is 11.5 Å². The molecule has 0 saturated carbocycles. The van der Waals surface area contributed by atoms with Gasteiger partial charge in [0, 0.05) is 0 Å². The molecule has 3 rings (SSSR count). The third-order valence-electron chi connectivity index (χ3n) is 3.70. The van der Waals surface area contributed by atoms with Crippen LogP contribution in [-0.4, -0.2) is 33.3 Å². The van der Waals surface area contributed by atoms with Crippen LogP contribution in [0.2, 0.25) is 0 Å². The van der Waals surface area contributed by atoms with E-state index in [9.17, 15) is 26.4 Å². The number of carbonyl (C=O) groups excluding carboxylic acids is 1. The Labute approximate surface area is 152 Å². The molecule has 0 spiro atoms. The number of para-hydroxylation sites is 2. The number of rotatable bonds is 4. The SMILES string of the molecule is NC(=O)[C@H]1CN(S(=O)(=O)c2ccc(OC(F)(F)F)cc2)c2ccccc2O1. The number of sulfonamides is 1. The predicted molar refractivity (Wildman–Crippen MR) is 87.7 cm³/mol. The van der Waals surface area contributed by atoms with Crippen molar-refractivity contribution in [2.75, 3.05) is 10.8 Å². The van der Waals surface area contributed by atoms with E-state index in [1.54, 1.807) is 12.1 Å². The number of halogens is 3. The average molecular weight is 402 g/mol. The Morgan fingerprint density at radius 3 is 2.37 bits per heavy atom. The van der Waals surface area contributed by atoms with Crippen LogP contribution in [0.25, 0.3) is 0 Å². The molecule has 11 heteroatoms. The van der Waals surface area contributed by atoms with Crippen molar-refractivity contribution in [3.63, 3.8) is 0 Å². The van der Waals surface area contributed by atoms with E-state index in [2.05, 4.69) is 4.74 Å². The van der Waals surface area contributed by atoms with Crippen molar-refractivity contribution in [3.8, 4) is 11.5 Å². The van der Waals surface area contributed by atoms with Gasteiger partial charge in [-0.25, -0.2) is 8.42 Å². The molecule has 2 aromatic rings. The van der Waals surface area contributed by atoms with Gasteiger partial charge >= 0.3 is 6.36 Å². The fourth-order valence-electron chi connectivity index (χ4n) is 2.52. The maximum Gasteiger partial charge on any atom is 0.573 e. The number of ether oxygens (including phenoxy) is 2. The van der Waals surface area contributed by atoms with Crippen LogP contribution in [-0.2, 0) is 14.8 Å². The molecule has 1 atom stereocenters. The van der Waals surface area contributed by atoms with E-state index in [1.165, 1.54) is 12.1 Å². The molecule has 0 saturated heterocycles. The second-order valence-electron chi connectivity index (χ2n) is 5.53. The maximum absolute atomic E-state index is 13.0. The first-order valence-corrected chi connectivity index (χ1v) is 8.95. The van der Waals surface area contributed by atoms with Gasteiger partial charge in [-0.15, -0.1) is 13.2 Å². The number of benzene rings is 2. The lowest BCUT2D eigenvalue weighted by Gasteiger charge is -2.34. The first kappa shape index (κ1) is 18.8. The highest BCUT2D eigenvalue weighted by molar-refractivity contribution is 7.92. The average Bonchev–Trinajstić information content (AvgIpc) is 2.59. The van der Waals surface area contributed by atoms with E-state index in [-0.39, 0.29) is 22.9 Å². The minimum Gasteiger partial charge on any atom is -0.476 e. The number of amides is 1. The largest absolute Gasteiger partial charge is 0.573 e. The van der Waals surface area contributed by atoms with Gasteiger partial charge in [-0.3, -0.25) is 9.10 Å². The highest BCUT2D eigenvalue weighted by Crippen LogP contribution is 2.37. The molecule has 2 aromatic carbocycles. The molecular formula is C16H13F3N2O5S. The summed E-state index contributed by atoms with van der Waals surface area (Å²) in [5.74, 6) is -1.26. The molecule has 27 heavy (non-hydrogen) atoms. The highest BCUT2D eigenvalue weighted by atomic mass is 32.2. The number of carbonyl (C=O) groups is 1. The zero-order valence-corrected chi connectivity index (χ0v) is 14.3. The summed E-state index contributed by atoms with van der Waals surface area (Å²) >= 11 is 0. The molecule has 144 valence electrons. The molecule has 0 radical (unpaired) electrons. The maximum atomic E-state index is 13.0. The van der Waals surface area contributed by atoms with Crippen molar-refractivity contribution in [3.05, 3.63) is 48.5 Å². The van der Waals surface area contributed by atoms with Crippen LogP contribution in [0.15, 0.2) is 53.4 Å². The van der Waals surface area contributed by atoms with E-state index in [1.807, 2.05) is 0 Å². The summed E-state index contributed by atoms with van der Waals surface area (Å²) in [5, 5.41) is 0. The number of primary amides is 1. The van der Waals surface area contributed by atoms with Gasteiger partial charge in [0.15, 0.2) is 6.10 Å². The minimum absolute atomic E-state index is 0.146. The van der Waals surface area contributed by atoms with Gasteiger partial charge in [0.05, 0.1) is 17.1 Å². The molecule has 1 aliphatic heterocycles.